The summed E-state index contributed by atoms with van der Waals surface area (Å²) in [7, 11) is 1.75. The first-order valence-electron chi connectivity index (χ1n) is 6.94. The Balaban J connectivity index is 1.68. The highest BCUT2D eigenvalue weighted by atomic mass is 32.2. The molecule has 2 amide bonds. The summed E-state index contributed by atoms with van der Waals surface area (Å²) >= 11 is 2.87. The van der Waals surface area contributed by atoms with Gasteiger partial charge in [0.05, 0.1) is 18.1 Å². The Morgan fingerprint density at radius 2 is 1.96 bits per heavy atom. The molecule has 1 N–H and O–H groups in total. The second kappa shape index (κ2) is 8.69. The first kappa shape index (κ1) is 17.5. The van der Waals surface area contributed by atoms with E-state index in [0.29, 0.717) is 12.2 Å². The Kier molecular flexibility index (Phi) is 6.61. The number of thioether (sulfide) groups is 1. The van der Waals surface area contributed by atoms with E-state index in [0.717, 1.165) is 4.88 Å². The molecule has 0 aliphatic carbocycles. The monoisotopic (exact) mass is 352 g/mol. The lowest BCUT2D eigenvalue weighted by atomic mass is 10.3. The largest absolute Gasteiger partial charge is 0.340 e. The van der Waals surface area contributed by atoms with E-state index in [9.17, 15) is 14.0 Å². The second-order valence-corrected chi connectivity index (χ2v) is 6.89. The third kappa shape index (κ3) is 6.03. The van der Waals surface area contributed by atoms with Gasteiger partial charge in [0.25, 0.3) is 0 Å². The van der Waals surface area contributed by atoms with Gasteiger partial charge >= 0.3 is 0 Å². The molecule has 0 saturated carbocycles. The Labute approximate surface area is 142 Å². The maximum Gasteiger partial charge on any atom is 0.234 e. The van der Waals surface area contributed by atoms with Crippen LogP contribution in [0.1, 0.15) is 4.88 Å². The van der Waals surface area contributed by atoms with Gasteiger partial charge in [-0.2, -0.15) is 0 Å². The number of benzene rings is 1. The SMILES string of the molecule is CN(Cc1cccs1)C(=O)CSCC(=O)Nc1ccc(F)cc1. The van der Waals surface area contributed by atoms with E-state index in [1.165, 1.54) is 36.0 Å². The number of nitrogens with one attached hydrogen (secondary N) is 1. The van der Waals surface area contributed by atoms with Crippen LogP contribution in [0.25, 0.3) is 0 Å². The van der Waals surface area contributed by atoms with Crippen molar-refractivity contribution < 1.29 is 14.0 Å². The number of thiophene rings is 1. The zero-order chi connectivity index (χ0) is 16.7. The number of amides is 2. The molecule has 0 radical (unpaired) electrons. The van der Waals surface area contributed by atoms with Crippen molar-refractivity contribution in [2.24, 2.45) is 0 Å². The maximum absolute atomic E-state index is 12.8. The summed E-state index contributed by atoms with van der Waals surface area (Å²) in [5.74, 6) is -0.153. The molecule has 1 aromatic carbocycles. The molecule has 0 atom stereocenters. The van der Waals surface area contributed by atoms with Gasteiger partial charge in [0.1, 0.15) is 5.82 Å². The molecular formula is C16H17FN2O2S2. The van der Waals surface area contributed by atoms with Gasteiger partial charge in [-0.15, -0.1) is 23.1 Å². The normalized spacial score (nSPS) is 10.3. The molecule has 0 spiro atoms. The van der Waals surface area contributed by atoms with Crippen molar-refractivity contribution in [2.45, 2.75) is 6.54 Å². The first-order chi connectivity index (χ1) is 11.0. The van der Waals surface area contributed by atoms with Gasteiger partial charge in [-0.05, 0) is 35.7 Å². The van der Waals surface area contributed by atoms with E-state index in [4.69, 9.17) is 0 Å². The summed E-state index contributed by atoms with van der Waals surface area (Å²) in [4.78, 5) is 26.5. The van der Waals surface area contributed by atoms with Crippen molar-refractivity contribution in [1.82, 2.24) is 4.90 Å². The van der Waals surface area contributed by atoms with Crippen LogP contribution in [0.4, 0.5) is 10.1 Å². The lowest BCUT2D eigenvalue weighted by Gasteiger charge is -2.15. The van der Waals surface area contributed by atoms with E-state index < -0.39 is 0 Å². The van der Waals surface area contributed by atoms with E-state index in [1.807, 2.05) is 17.5 Å². The molecular weight excluding hydrogens is 335 g/mol. The van der Waals surface area contributed by atoms with E-state index in [1.54, 1.807) is 23.3 Å². The summed E-state index contributed by atoms with van der Waals surface area (Å²) in [6.07, 6.45) is 0. The molecule has 7 heteroatoms. The summed E-state index contributed by atoms with van der Waals surface area (Å²) in [5.41, 5.74) is 0.540. The molecule has 0 fully saturated rings. The number of anilines is 1. The fourth-order valence-electron chi connectivity index (χ4n) is 1.80. The van der Waals surface area contributed by atoms with Crippen molar-refractivity contribution in [3.05, 3.63) is 52.5 Å². The summed E-state index contributed by atoms with van der Waals surface area (Å²) in [6, 6.07) is 9.50. The first-order valence-corrected chi connectivity index (χ1v) is 8.97. The van der Waals surface area contributed by atoms with Crippen LogP contribution in [0.5, 0.6) is 0 Å². The minimum absolute atomic E-state index is 0.0158. The Bertz CT molecular complexity index is 645. The molecule has 2 rings (SSSR count). The van der Waals surface area contributed by atoms with Crippen LogP contribution in [0, 0.1) is 5.82 Å². The molecule has 0 saturated heterocycles. The topological polar surface area (TPSA) is 49.4 Å². The van der Waals surface area contributed by atoms with Gasteiger partial charge in [0, 0.05) is 17.6 Å². The number of carbonyl (C=O) groups is 2. The van der Waals surface area contributed by atoms with Gasteiger partial charge in [-0.1, -0.05) is 6.07 Å². The van der Waals surface area contributed by atoms with Crippen molar-refractivity contribution in [3.8, 4) is 0 Å². The number of hydrogen-bond acceptors (Lipinski definition) is 4. The number of nitrogens with zero attached hydrogens (tertiary/aromatic N) is 1. The molecule has 2 aromatic rings. The van der Waals surface area contributed by atoms with Crippen LogP contribution >= 0.6 is 23.1 Å². The Morgan fingerprint density at radius 3 is 2.61 bits per heavy atom. The minimum atomic E-state index is -0.350. The lowest BCUT2D eigenvalue weighted by Crippen LogP contribution is -2.28. The highest BCUT2D eigenvalue weighted by Gasteiger charge is 2.11. The predicted octanol–water partition coefficient (Wildman–Crippen LogP) is 3.22. The van der Waals surface area contributed by atoms with Crippen molar-refractivity contribution >= 4 is 40.6 Å². The van der Waals surface area contributed by atoms with Crippen LogP contribution in [-0.4, -0.2) is 35.3 Å². The zero-order valence-electron chi connectivity index (χ0n) is 12.6. The number of hydrogen-bond donors (Lipinski definition) is 1. The van der Waals surface area contributed by atoms with Gasteiger partial charge in [-0.25, -0.2) is 4.39 Å². The van der Waals surface area contributed by atoms with Crippen molar-refractivity contribution in [3.63, 3.8) is 0 Å². The lowest BCUT2D eigenvalue weighted by molar-refractivity contribution is -0.127. The highest BCUT2D eigenvalue weighted by Crippen LogP contribution is 2.13. The van der Waals surface area contributed by atoms with E-state index in [2.05, 4.69) is 5.32 Å². The maximum atomic E-state index is 12.8. The third-order valence-corrected chi connectivity index (χ3v) is 4.76. The molecule has 1 aromatic heterocycles. The minimum Gasteiger partial charge on any atom is -0.340 e. The van der Waals surface area contributed by atoms with Crippen molar-refractivity contribution in [1.29, 1.82) is 0 Å². The molecule has 1 heterocycles. The quantitative estimate of drug-likeness (QED) is 0.832. The van der Waals surface area contributed by atoms with E-state index >= 15 is 0 Å². The molecule has 23 heavy (non-hydrogen) atoms. The molecule has 0 bridgehead atoms. The van der Waals surface area contributed by atoms with Crippen LogP contribution in [0.3, 0.4) is 0 Å². The molecule has 0 unspecified atom stereocenters. The molecule has 0 aliphatic heterocycles. The fourth-order valence-corrected chi connectivity index (χ4v) is 3.31. The van der Waals surface area contributed by atoms with Gasteiger partial charge < -0.3 is 10.2 Å². The smallest absolute Gasteiger partial charge is 0.234 e. The molecule has 122 valence electrons. The predicted molar refractivity (Wildman–Crippen MR) is 93.1 cm³/mol. The van der Waals surface area contributed by atoms with E-state index in [-0.39, 0.29) is 29.1 Å². The Hall–Kier alpha value is -1.86. The number of carbonyl (C=O) groups excluding carboxylic acids is 2. The van der Waals surface area contributed by atoms with Gasteiger partial charge in [0.15, 0.2) is 0 Å². The third-order valence-electron chi connectivity index (χ3n) is 2.99. The van der Waals surface area contributed by atoms with Crippen LogP contribution < -0.4 is 5.32 Å². The average Bonchev–Trinajstić information content (AvgIpc) is 3.02. The van der Waals surface area contributed by atoms with Crippen LogP contribution in [0.2, 0.25) is 0 Å². The number of rotatable bonds is 7. The van der Waals surface area contributed by atoms with Crippen molar-refractivity contribution in [2.75, 3.05) is 23.9 Å². The van der Waals surface area contributed by atoms with Crippen LogP contribution in [-0.2, 0) is 16.1 Å². The summed E-state index contributed by atoms with van der Waals surface area (Å²) in [5, 5.41) is 4.63. The van der Waals surface area contributed by atoms with Crippen LogP contribution in [0.15, 0.2) is 41.8 Å². The second-order valence-electron chi connectivity index (χ2n) is 4.88. The molecule has 4 nitrogen and oxygen atoms in total. The zero-order valence-corrected chi connectivity index (χ0v) is 14.3. The summed E-state index contributed by atoms with van der Waals surface area (Å²) in [6.45, 7) is 0.582. The van der Waals surface area contributed by atoms with Gasteiger partial charge in [-0.3, -0.25) is 9.59 Å². The number of halogens is 1. The average molecular weight is 352 g/mol. The fraction of sp³-hybridized carbons (Fsp3) is 0.250. The highest BCUT2D eigenvalue weighted by molar-refractivity contribution is 8.00. The Morgan fingerprint density at radius 1 is 1.22 bits per heavy atom. The molecule has 0 aliphatic rings. The van der Waals surface area contributed by atoms with Gasteiger partial charge in [0.2, 0.25) is 11.8 Å². The summed E-state index contributed by atoms with van der Waals surface area (Å²) < 4.78 is 12.8. The standard InChI is InChI=1S/C16H17FN2O2S2/c1-19(9-14-3-2-8-23-14)16(21)11-22-10-15(20)18-13-6-4-12(17)5-7-13/h2-8H,9-11H2,1H3,(H,18,20).